The largest absolute Gasteiger partial charge is 0.394 e. The quantitative estimate of drug-likeness (QED) is 0.0202. The molecule has 0 aromatic heterocycles. The number of carbonyl (C=O) groups is 3. The van der Waals surface area contributed by atoms with Gasteiger partial charge in [0.25, 0.3) is 0 Å². The fourth-order valence-electron chi connectivity index (χ4n) is 13.8. The van der Waals surface area contributed by atoms with Crippen molar-refractivity contribution < 1.29 is 183 Å². The Bertz CT molecular complexity index is 2620. The fourth-order valence-corrected chi connectivity index (χ4v) is 13.8. The van der Waals surface area contributed by atoms with Gasteiger partial charge in [0.05, 0.1) is 64.5 Å². The molecule has 40 nitrogen and oxygen atoms in total. The van der Waals surface area contributed by atoms with Crippen LogP contribution in [0, 0.1) is 0 Å². The van der Waals surface area contributed by atoms with E-state index in [4.69, 9.17) is 66.3 Å². The van der Waals surface area contributed by atoms with Crippen LogP contribution in [-0.2, 0) is 80.7 Å². The Labute approximate surface area is 611 Å². The molecule has 7 heterocycles. The van der Waals surface area contributed by atoms with E-state index >= 15 is 0 Å². The Morgan fingerprint density at radius 2 is 0.726 bits per heavy atom. The zero-order valence-electron chi connectivity index (χ0n) is 59.8. The van der Waals surface area contributed by atoms with Crippen molar-refractivity contribution in [2.24, 2.45) is 0 Å². The molecule has 3 amide bonds. The van der Waals surface area contributed by atoms with Gasteiger partial charge in [0, 0.05) is 20.8 Å². The third-order valence-electron chi connectivity index (χ3n) is 19.8. The number of hydrogen-bond donors (Lipinski definition) is 23. The van der Waals surface area contributed by atoms with Gasteiger partial charge in [0.15, 0.2) is 44.0 Å². The minimum atomic E-state index is -2.30. The van der Waals surface area contributed by atoms with Crippen LogP contribution >= 0.6 is 0 Å². The van der Waals surface area contributed by atoms with Crippen molar-refractivity contribution in [3.05, 3.63) is 12.2 Å². The van der Waals surface area contributed by atoms with Crippen LogP contribution in [-0.4, -0.2) is 393 Å². The molecule has 7 saturated heterocycles. The van der Waals surface area contributed by atoms with Crippen molar-refractivity contribution in [1.29, 1.82) is 0 Å². The molecule has 0 aromatic carbocycles. The predicted octanol–water partition coefficient (Wildman–Crippen LogP) is -9.81. The number of amides is 3. The van der Waals surface area contributed by atoms with Gasteiger partial charge in [-0.15, -0.1) is 0 Å². The molecule has 37 atom stereocenters. The van der Waals surface area contributed by atoms with Crippen molar-refractivity contribution in [2.75, 3.05) is 46.2 Å². The first-order valence-electron chi connectivity index (χ1n) is 36.3. The molecule has 0 aliphatic carbocycles. The second-order valence-electron chi connectivity index (χ2n) is 27.9. The zero-order chi connectivity index (χ0) is 78.0. The van der Waals surface area contributed by atoms with Crippen molar-refractivity contribution in [2.45, 2.75) is 339 Å². The summed E-state index contributed by atoms with van der Waals surface area (Å²) in [6.07, 6.45) is -48.1. The smallest absolute Gasteiger partial charge is 0.217 e. The normalized spacial score (nSPS) is 43.0. The maximum atomic E-state index is 12.9. The second-order valence-corrected chi connectivity index (χ2v) is 27.9. The van der Waals surface area contributed by atoms with Gasteiger partial charge < -0.3 is 184 Å². The van der Waals surface area contributed by atoms with Crippen LogP contribution in [0.15, 0.2) is 12.2 Å². The van der Waals surface area contributed by atoms with E-state index < -0.39 is 291 Å². The van der Waals surface area contributed by atoms with E-state index in [-0.39, 0.29) is 0 Å². The highest BCUT2D eigenvalue weighted by Crippen LogP contribution is 2.39. The van der Waals surface area contributed by atoms with Crippen LogP contribution in [0.1, 0.15) is 112 Å². The number of allylic oxidation sites excluding steroid dienone is 1. The van der Waals surface area contributed by atoms with Gasteiger partial charge in [0.1, 0.15) is 165 Å². The molecule has 40 heteroatoms. The number of hydrogen-bond acceptors (Lipinski definition) is 37. The van der Waals surface area contributed by atoms with Gasteiger partial charge in [-0.25, -0.2) is 0 Å². The van der Waals surface area contributed by atoms with E-state index in [2.05, 4.69) is 22.9 Å². The molecule has 0 bridgehead atoms. The van der Waals surface area contributed by atoms with Crippen LogP contribution < -0.4 is 16.0 Å². The number of aliphatic hydroxyl groups is 20. The van der Waals surface area contributed by atoms with Crippen LogP contribution in [0.5, 0.6) is 0 Å². The molecular weight excluding hydrogens is 1430 g/mol. The average Bonchev–Trinajstić information content (AvgIpc) is 0.777. The van der Waals surface area contributed by atoms with E-state index in [0.29, 0.717) is 6.42 Å². The minimum Gasteiger partial charge on any atom is -0.394 e. The molecule has 106 heavy (non-hydrogen) atoms. The fraction of sp³-hybridized carbons (Fsp3) is 0.924. The van der Waals surface area contributed by atoms with Gasteiger partial charge in [-0.3, -0.25) is 14.4 Å². The Kier molecular flexibility index (Phi) is 36.6. The lowest BCUT2D eigenvalue weighted by atomic mass is 9.93. The highest BCUT2D eigenvalue weighted by molar-refractivity contribution is 5.74. The van der Waals surface area contributed by atoms with Crippen molar-refractivity contribution in [3.8, 4) is 0 Å². The highest BCUT2D eigenvalue weighted by atomic mass is 16.8. The van der Waals surface area contributed by atoms with Crippen molar-refractivity contribution in [3.63, 3.8) is 0 Å². The van der Waals surface area contributed by atoms with Crippen LogP contribution in [0.2, 0.25) is 0 Å². The lowest BCUT2D eigenvalue weighted by molar-refractivity contribution is -0.392. The second kappa shape index (κ2) is 43.2. The molecule has 7 fully saturated rings. The molecule has 0 saturated carbocycles. The van der Waals surface area contributed by atoms with Gasteiger partial charge >= 0.3 is 0 Å². The zero-order valence-corrected chi connectivity index (χ0v) is 59.8. The van der Waals surface area contributed by atoms with Gasteiger partial charge in [0.2, 0.25) is 17.7 Å². The highest BCUT2D eigenvalue weighted by Gasteiger charge is 2.59. The summed E-state index contributed by atoms with van der Waals surface area (Å²) in [4.78, 5) is 38.0. The number of unbranched alkanes of at least 4 members (excludes halogenated alkanes) is 11. The van der Waals surface area contributed by atoms with E-state index in [1.807, 2.05) is 0 Å². The monoisotopic (exact) mass is 1540 g/mol. The molecule has 23 N–H and O–H groups in total. The van der Waals surface area contributed by atoms with Gasteiger partial charge in [-0.1, -0.05) is 83.3 Å². The molecule has 7 aliphatic rings. The first-order chi connectivity index (χ1) is 50.5. The summed E-state index contributed by atoms with van der Waals surface area (Å²) < 4.78 is 82.2. The summed E-state index contributed by atoms with van der Waals surface area (Å²) in [5, 5.41) is 229. The van der Waals surface area contributed by atoms with Crippen LogP contribution in [0.3, 0.4) is 0 Å². The number of aliphatic hydroxyl groups excluding tert-OH is 20. The Morgan fingerprint density at radius 1 is 0.368 bits per heavy atom. The molecule has 0 aromatic rings. The maximum absolute atomic E-state index is 12.9. The first kappa shape index (κ1) is 90.0. The van der Waals surface area contributed by atoms with E-state index in [9.17, 15) is 117 Å². The first-order valence-corrected chi connectivity index (χ1v) is 36.3. The lowest BCUT2D eigenvalue weighted by Gasteiger charge is -2.51. The summed E-state index contributed by atoms with van der Waals surface area (Å²) in [5.41, 5.74) is 0. The third kappa shape index (κ3) is 23.0. The van der Waals surface area contributed by atoms with E-state index in [1.165, 1.54) is 64.9 Å². The predicted molar refractivity (Wildman–Crippen MR) is 351 cm³/mol. The van der Waals surface area contributed by atoms with E-state index in [0.717, 1.165) is 39.5 Å². The third-order valence-corrected chi connectivity index (χ3v) is 19.8. The SMILES string of the molecule is CCCCCCCCCCCCC/C=C/[C@@H](O)[C@H](CO[C@@H]1O[C@H](CO)[C@@H](O[C@@H]2O[C@H](CO)[C@H](O)[C@H](O[C@@H]3O[C@H](CO)[C@@H](O[C@@H]4O[C@H](CO)[C@H](O)[C@H](O[C@@H]5O[C@H](CO)[C@@H](O[C@@H]6O[C@H](CO)[C@H](O)[C@H](O)[C@H]6O[C@@H]6O[C@@H](C)[C@@H](O)[C@@H](O)[C@@H]6O)[C@H](O)[C@H]5NC(C)=O)[C@H]4O)[C@H](O)[C@H]3NC(C)=O)[C@H]2O)[C@H](O)[C@H]1O)NC(C)=O. The number of ether oxygens (including phenoxy) is 14. The van der Waals surface area contributed by atoms with Crippen LogP contribution in [0.4, 0.5) is 0 Å². The number of rotatable bonds is 38. The summed E-state index contributed by atoms with van der Waals surface area (Å²) in [6.45, 7) is -0.00230. The van der Waals surface area contributed by atoms with Crippen molar-refractivity contribution >= 4 is 17.7 Å². The molecule has 0 radical (unpaired) electrons. The lowest BCUT2D eigenvalue weighted by Crippen LogP contribution is -2.71. The summed E-state index contributed by atoms with van der Waals surface area (Å²) in [7, 11) is 0. The number of nitrogens with one attached hydrogen (secondary N) is 3. The topological polar surface area (TPSA) is 621 Å². The Hall–Kier alpha value is -3.21. The maximum Gasteiger partial charge on any atom is 0.217 e. The number of carbonyl (C=O) groups excluding carboxylic acids is 3. The molecule has 7 rings (SSSR count). The molecule has 616 valence electrons. The molecule has 0 unspecified atom stereocenters. The Morgan fingerprint density at radius 3 is 1.17 bits per heavy atom. The summed E-state index contributed by atoms with van der Waals surface area (Å²) >= 11 is 0. The molecular formula is C66H115N3O37. The van der Waals surface area contributed by atoms with Crippen molar-refractivity contribution in [1.82, 2.24) is 16.0 Å². The van der Waals surface area contributed by atoms with Crippen LogP contribution in [0.25, 0.3) is 0 Å². The van der Waals surface area contributed by atoms with Gasteiger partial charge in [-0.05, 0) is 19.8 Å². The minimum absolute atomic E-state index is 0.481. The van der Waals surface area contributed by atoms with Gasteiger partial charge in [-0.2, -0.15) is 0 Å². The summed E-state index contributed by atoms with van der Waals surface area (Å²) in [5.74, 6) is -2.31. The standard InChI is InChI=1S/C66H115N3O37/c1-6-7-8-9-10-11-12-13-14-15-16-17-18-19-32(79)31(67-28(3)76)26-93-62-51(90)49(88)56(38(25-75)100-62)102-65-53(92)58(44(83)35(22-72)96-65)105-60-39(68-29(4)77)45(84)54(36(23-73)98-60)101-64-52(91)57(43(82)34(21-71)95-64)104-61-40(69-30(5)78)46(85)55(37(24-74)99-61)103-66-59(48(87)42(81)33(20-70)97-66)106-63-50(89)47(86)41(80)27(2)94-63/h18-19,27,31-66,70-75,79-92H,6-17,20-26H2,1-5H3,(H,67,76)(H,68,77)(H,69,78)/b19-18+/t27-,31-,32+,33+,34+,35+,36+,37+,38+,39+,40+,41+,42-,43-,44-,45+,46+,47+,48-,49+,50-,51+,52+,53+,54+,55+,56+,57-,58-,59+,60-,61-,62+,63-,64-,65-,66-/m0/s1. The summed E-state index contributed by atoms with van der Waals surface area (Å²) in [6, 6.07) is -4.80. The molecule has 0 spiro atoms. The average molecular weight is 1540 g/mol. The Balaban J connectivity index is 1.01. The van der Waals surface area contributed by atoms with E-state index in [1.54, 1.807) is 6.08 Å². The molecule has 7 aliphatic heterocycles.